The second kappa shape index (κ2) is 7.33. The molecule has 3 heterocycles. The lowest BCUT2D eigenvalue weighted by Gasteiger charge is -2.37. The highest BCUT2D eigenvalue weighted by molar-refractivity contribution is 7.13. The van der Waals surface area contributed by atoms with Gasteiger partial charge in [-0.2, -0.15) is 5.26 Å². The molecule has 1 amide bonds. The lowest BCUT2D eigenvalue weighted by Crippen LogP contribution is -2.53. The van der Waals surface area contributed by atoms with Gasteiger partial charge in [-0.3, -0.25) is 15.0 Å². The first-order chi connectivity index (χ1) is 11.7. The van der Waals surface area contributed by atoms with Crippen LogP contribution in [-0.4, -0.2) is 58.2 Å². The van der Waals surface area contributed by atoms with Crippen LogP contribution in [0.2, 0.25) is 0 Å². The van der Waals surface area contributed by atoms with Gasteiger partial charge in [0.05, 0.1) is 11.6 Å². The van der Waals surface area contributed by atoms with E-state index in [0.29, 0.717) is 10.7 Å². The molecule has 0 spiro atoms. The Morgan fingerprint density at radius 2 is 2.17 bits per heavy atom. The van der Waals surface area contributed by atoms with Crippen LogP contribution in [0.4, 0.5) is 10.9 Å². The van der Waals surface area contributed by atoms with Crippen LogP contribution in [0.15, 0.2) is 23.8 Å². The Bertz CT molecular complexity index is 717. The van der Waals surface area contributed by atoms with E-state index in [1.54, 1.807) is 17.8 Å². The van der Waals surface area contributed by atoms with Crippen molar-refractivity contribution < 1.29 is 4.79 Å². The summed E-state index contributed by atoms with van der Waals surface area (Å²) in [6.07, 6.45) is 1.58. The maximum absolute atomic E-state index is 12.3. The molecule has 9 heteroatoms. The molecule has 8 nitrogen and oxygen atoms in total. The van der Waals surface area contributed by atoms with Gasteiger partial charge in [0.2, 0.25) is 11.0 Å². The molecule has 0 radical (unpaired) electrons. The third kappa shape index (κ3) is 3.67. The molecule has 1 atom stereocenters. The number of hydrogen-bond donors (Lipinski definition) is 1. The summed E-state index contributed by atoms with van der Waals surface area (Å²) in [6.45, 7) is 5.01. The van der Waals surface area contributed by atoms with Crippen molar-refractivity contribution in [1.82, 2.24) is 20.1 Å². The molecule has 0 aromatic carbocycles. The van der Waals surface area contributed by atoms with Gasteiger partial charge in [0, 0.05) is 32.4 Å². The molecule has 0 saturated carbocycles. The monoisotopic (exact) mass is 343 g/mol. The smallest absolute Gasteiger partial charge is 0.243 e. The van der Waals surface area contributed by atoms with E-state index in [2.05, 4.69) is 36.4 Å². The predicted octanol–water partition coefficient (Wildman–Crippen LogP) is 0.954. The van der Waals surface area contributed by atoms with Crippen LogP contribution in [0.1, 0.15) is 12.5 Å². The van der Waals surface area contributed by atoms with Crippen molar-refractivity contribution in [3.8, 4) is 6.07 Å². The van der Waals surface area contributed by atoms with Crippen molar-refractivity contribution in [3.63, 3.8) is 0 Å². The second-order valence-corrected chi connectivity index (χ2v) is 6.28. The largest absolute Gasteiger partial charge is 0.354 e. The van der Waals surface area contributed by atoms with E-state index in [9.17, 15) is 4.79 Å². The Morgan fingerprint density at radius 1 is 1.38 bits per heavy atom. The minimum absolute atomic E-state index is 0.0725. The highest BCUT2D eigenvalue weighted by Gasteiger charge is 2.26. The Kier molecular flexibility index (Phi) is 4.98. The maximum atomic E-state index is 12.3. The number of amides is 1. The third-order valence-electron chi connectivity index (χ3n) is 4.03. The van der Waals surface area contributed by atoms with Crippen LogP contribution >= 0.6 is 11.3 Å². The molecule has 124 valence electrons. The van der Waals surface area contributed by atoms with E-state index in [1.807, 2.05) is 13.0 Å². The van der Waals surface area contributed by atoms with E-state index < -0.39 is 0 Å². The number of pyridine rings is 1. The van der Waals surface area contributed by atoms with E-state index in [0.717, 1.165) is 32.0 Å². The summed E-state index contributed by atoms with van der Waals surface area (Å²) in [5, 5.41) is 19.7. The topological polar surface area (TPSA) is 98.0 Å². The first-order valence-corrected chi connectivity index (χ1v) is 8.47. The number of hydrogen-bond acceptors (Lipinski definition) is 8. The number of piperazine rings is 1. The molecule has 1 N–H and O–H groups in total. The Hall–Kier alpha value is -2.57. The zero-order valence-corrected chi connectivity index (χ0v) is 14.0. The van der Waals surface area contributed by atoms with E-state index in [4.69, 9.17) is 5.26 Å². The van der Waals surface area contributed by atoms with E-state index >= 15 is 0 Å². The van der Waals surface area contributed by atoms with Crippen molar-refractivity contribution in [3.05, 3.63) is 29.4 Å². The maximum Gasteiger partial charge on any atom is 0.243 e. The predicted molar refractivity (Wildman–Crippen MR) is 90.7 cm³/mol. The summed E-state index contributed by atoms with van der Waals surface area (Å²) in [4.78, 5) is 20.9. The van der Waals surface area contributed by atoms with Crippen molar-refractivity contribution in [2.75, 3.05) is 36.4 Å². The van der Waals surface area contributed by atoms with Crippen molar-refractivity contribution in [2.45, 2.75) is 13.0 Å². The number of nitrogens with one attached hydrogen (secondary N) is 1. The molecule has 1 aliphatic heterocycles. The highest BCUT2D eigenvalue weighted by Crippen LogP contribution is 2.16. The number of nitrogens with zero attached hydrogens (tertiary/aromatic N) is 6. The average Bonchev–Trinajstić information content (AvgIpc) is 3.14. The van der Waals surface area contributed by atoms with E-state index in [-0.39, 0.29) is 11.9 Å². The fourth-order valence-corrected chi connectivity index (χ4v) is 3.03. The van der Waals surface area contributed by atoms with Gasteiger partial charge < -0.3 is 4.90 Å². The molecule has 24 heavy (non-hydrogen) atoms. The fraction of sp³-hybridized carbons (Fsp3) is 0.400. The first kappa shape index (κ1) is 16.3. The lowest BCUT2D eigenvalue weighted by atomic mass is 10.2. The Morgan fingerprint density at radius 3 is 2.75 bits per heavy atom. The van der Waals surface area contributed by atoms with Crippen LogP contribution in [-0.2, 0) is 4.79 Å². The quantitative estimate of drug-likeness (QED) is 0.882. The summed E-state index contributed by atoms with van der Waals surface area (Å²) in [5.41, 5.74) is 2.14. The molecular weight excluding hydrogens is 326 g/mol. The molecule has 2 aromatic rings. The molecule has 1 saturated heterocycles. The van der Waals surface area contributed by atoms with Gasteiger partial charge in [-0.05, 0) is 19.1 Å². The minimum atomic E-state index is -0.232. The van der Waals surface area contributed by atoms with Crippen molar-refractivity contribution in [2.24, 2.45) is 0 Å². The highest BCUT2D eigenvalue weighted by atomic mass is 32.1. The molecule has 3 rings (SSSR count). The Labute approximate surface area is 143 Å². The van der Waals surface area contributed by atoms with Crippen LogP contribution in [0, 0.1) is 11.3 Å². The first-order valence-electron chi connectivity index (χ1n) is 7.59. The molecule has 0 aliphatic carbocycles. The van der Waals surface area contributed by atoms with E-state index in [1.165, 1.54) is 11.3 Å². The van der Waals surface area contributed by atoms with Crippen LogP contribution < -0.4 is 10.2 Å². The van der Waals surface area contributed by atoms with Crippen LogP contribution in [0.25, 0.3) is 0 Å². The summed E-state index contributed by atoms with van der Waals surface area (Å²) < 4.78 is 0. The van der Waals surface area contributed by atoms with Gasteiger partial charge in [0.15, 0.2) is 0 Å². The molecule has 1 aliphatic rings. The number of carbonyl (C=O) groups is 1. The summed E-state index contributed by atoms with van der Waals surface area (Å²) in [5.74, 6) is 0.788. The van der Waals surface area contributed by atoms with Crippen LogP contribution in [0.3, 0.4) is 0 Å². The number of carbonyl (C=O) groups excluding carboxylic acids is 1. The summed E-state index contributed by atoms with van der Waals surface area (Å²) in [7, 11) is 0. The van der Waals surface area contributed by atoms with Gasteiger partial charge in [0.1, 0.15) is 17.4 Å². The normalized spacial score (nSPS) is 16.4. The summed E-state index contributed by atoms with van der Waals surface area (Å²) >= 11 is 1.30. The fourth-order valence-electron chi connectivity index (χ4n) is 2.58. The number of nitriles is 1. The van der Waals surface area contributed by atoms with Crippen LogP contribution in [0.5, 0.6) is 0 Å². The van der Waals surface area contributed by atoms with Crippen molar-refractivity contribution >= 4 is 28.2 Å². The second-order valence-electron chi connectivity index (χ2n) is 5.45. The summed E-state index contributed by atoms with van der Waals surface area (Å²) in [6, 6.07) is 5.47. The molecule has 0 unspecified atom stereocenters. The molecule has 2 aromatic heterocycles. The lowest BCUT2D eigenvalue weighted by molar-refractivity contribution is -0.120. The third-order valence-corrected chi connectivity index (χ3v) is 4.64. The molecule has 1 fully saturated rings. The van der Waals surface area contributed by atoms with Gasteiger partial charge in [0.25, 0.3) is 0 Å². The van der Waals surface area contributed by atoms with Gasteiger partial charge in [-0.15, -0.1) is 10.2 Å². The van der Waals surface area contributed by atoms with Gasteiger partial charge >= 0.3 is 0 Å². The van der Waals surface area contributed by atoms with Gasteiger partial charge in [-0.1, -0.05) is 11.3 Å². The standard InChI is InChI=1S/C15H17N7OS/c1-11(14(23)19-15-20-18-10-24-15)21-4-6-22(7-5-21)13-3-2-12(8-16)9-17-13/h2-3,9-11H,4-7H2,1H3,(H,19,20,23)/t11-/m1/s1. The number of aromatic nitrogens is 3. The Balaban J connectivity index is 1.54. The SMILES string of the molecule is C[C@H](C(=O)Nc1nncs1)N1CCN(c2ccc(C#N)cn2)CC1. The molecule has 0 bridgehead atoms. The van der Waals surface area contributed by atoms with Gasteiger partial charge in [-0.25, -0.2) is 4.98 Å². The minimum Gasteiger partial charge on any atom is -0.354 e. The number of anilines is 2. The zero-order valence-electron chi connectivity index (χ0n) is 13.2. The molecular formula is C15H17N7OS. The number of rotatable bonds is 4. The average molecular weight is 343 g/mol. The zero-order chi connectivity index (χ0) is 16.9. The van der Waals surface area contributed by atoms with Crippen molar-refractivity contribution in [1.29, 1.82) is 5.26 Å².